The molecule has 1 saturated carbocycles. The number of nitrogens with zero attached hydrogens (tertiary/aromatic N) is 2. The second-order valence-electron chi connectivity index (χ2n) is 5.59. The summed E-state index contributed by atoms with van der Waals surface area (Å²) in [7, 11) is 0. The van der Waals surface area contributed by atoms with Crippen molar-refractivity contribution >= 4 is 21.5 Å². The zero-order valence-electron chi connectivity index (χ0n) is 10.3. The number of nitrogens with two attached hydrogens (primary N) is 1. The van der Waals surface area contributed by atoms with Gasteiger partial charge < -0.3 is 10.6 Å². The topological polar surface area (TPSA) is 42.1 Å². The SMILES string of the molecule is Nc1cnc(N2CCC3(CCCCC3)CC2)s1. The average molecular weight is 251 g/mol. The molecule has 0 atom stereocenters. The number of rotatable bonds is 1. The Balaban J connectivity index is 1.63. The van der Waals surface area contributed by atoms with Crippen LogP contribution in [0.25, 0.3) is 0 Å². The molecule has 2 heterocycles. The van der Waals surface area contributed by atoms with Crippen LogP contribution in [0, 0.1) is 5.41 Å². The molecule has 1 spiro atoms. The molecule has 1 saturated heterocycles. The van der Waals surface area contributed by atoms with Crippen molar-refractivity contribution in [3.63, 3.8) is 0 Å². The number of piperidine rings is 1. The minimum Gasteiger partial charge on any atom is -0.389 e. The van der Waals surface area contributed by atoms with Gasteiger partial charge in [0.25, 0.3) is 0 Å². The number of anilines is 2. The van der Waals surface area contributed by atoms with Crippen LogP contribution in [-0.2, 0) is 0 Å². The van der Waals surface area contributed by atoms with E-state index in [0.29, 0.717) is 5.41 Å². The first-order valence-corrected chi connectivity index (χ1v) is 7.55. The summed E-state index contributed by atoms with van der Waals surface area (Å²) in [6, 6.07) is 0. The second kappa shape index (κ2) is 4.48. The molecule has 94 valence electrons. The maximum Gasteiger partial charge on any atom is 0.187 e. The molecule has 1 aliphatic carbocycles. The third kappa shape index (κ3) is 2.28. The summed E-state index contributed by atoms with van der Waals surface area (Å²) in [5.41, 5.74) is 6.43. The Kier molecular flexibility index (Phi) is 2.99. The second-order valence-corrected chi connectivity index (χ2v) is 6.63. The van der Waals surface area contributed by atoms with Crippen LogP contribution in [0.15, 0.2) is 6.20 Å². The van der Waals surface area contributed by atoms with Crippen molar-refractivity contribution in [2.24, 2.45) is 5.41 Å². The van der Waals surface area contributed by atoms with Crippen LogP contribution in [0.2, 0.25) is 0 Å². The Labute approximate surface area is 107 Å². The minimum atomic E-state index is 0.678. The molecule has 2 aliphatic rings. The van der Waals surface area contributed by atoms with Gasteiger partial charge in [0, 0.05) is 13.1 Å². The standard InChI is InChI=1S/C13H21N3S/c14-11-10-15-12(17-11)16-8-6-13(7-9-16)4-2-1-3-5-13/h10H,1-9,14H2. The van der Waals surface area contributed by atoms with Crippen LogP contribution < -0.4 is 10.6 Å². The van der Waals surface area contributed by atoms with Gasteiger partial charge in [-0.2, -0.15) is 0 Å². The van der Waals surface area contributed by atoms with Gasteiger partial charge in [-0.15, -0.1) is 0 Å². The summed E-state index contributed by atoms with van der Waals surface area (Å²) in [6.07, 6.45) is 11.8. The Morgan fingerprint density at radius 1 is 1.12 bits per heavy atom. The summed E-state index contributed by atoms with van der Waals surface area (Å²) in [4.78, 5) is 6.81. The highest BCUT2D eigenvalue weighted by Gasteiger charge is 2.35. The summed E-state index contributed by atoms with van der Waals surface area (Å²) in [5.74, 6) is 0. The molecule has 0 radical (unpaired) electrons. The van der Waals surface area contributed by atoms with Gasteiger partial charge in [-0.05, 0) is 31.1 Å². The Bertz CT molecular complexity index is 372. The first-order chi connectivity index (χ1) is 8.27. The molecule has 3 rings (SSSR count). The van der Waals surface area contributed by atoms with Crippen molar-refractivity contribution in [2.75, 3.05) is 23.7 Å². The monoisotopic (exact) mass is 251 g/mol. The Morgan fingerprint density at radius 3 is 2.41 bits per heavy atom. The van der Waals surface area contributed by atoms with Crippen molar-refractivity contribution in [2.45, 2.75) is 44.9 Å². The van der Waals surface area contributed by atoms with Crippen LogP contribution in [0.4, 0.5) is 10.1 Å². The lowest BCUT2D eigenvalue weighted by Crippen LogP contribution is -2.41. The lowest BCUT2D eigenvalue weighted by molar-refractivity contribution is 0.144. The quantitative estimate of drug-likeness (QED) is 0.833. The summed E-state index contributed by atoms with van der Waals surface area (Å²) < 4.78 is 0. The van der Waals surface area contributed by atoms with E-state index in [9.17, 15) is 0 Å². The number of thiazole rings is 1. The van der Waals surface area contributed by atoms with Crippen LogP contribution in [-0.4, -0.2) is 18.1 Å². The largest absolute Gasteiger partial charge is 0.389 e. The van der Waals surface area contributed by atoms with E-state index in [4.69, 9.17) is 5.73 Å². The molecular formula is C13H21N3S. The fraction of sp³-hybridized carbons (Fsp3) is 0.769. The first-order valence-electron chi connectivity index (χ1n) is 6.74. The summed E-state index contributed by atoms with van der Waals surface area (Å²) in [6.45, 7) is 2.35. The van der Waals surface area contributed by atoms with Crippen LogP contribution in [0.5, 0.6) is 0 Å². The normalized spacial score (nSPS) is 24.1. The molecule has 2 fully saturated rings. The van der Waals surface area contributed by atoms with Crippen LogP contribution >= 0.6 is 11.3 Å². The lowest BCUT2D eigenvalue weighted by atomic mass is 9.68. The molecule has 0 aromatic carbocycles. The van der Waals surface area contributed by atoms with Gasteiger partial charge in [0.15, 0.2) is 5.13 Å². The average Bonchev–Trinajstić information content (AvgIpc) is 2.78. The van der Waals surface area contributed by atoms with E-state index < -0.39 is 0 Å². The Morgan fingerprint density at radius 2 is 1.82 bits per heavy atom. The van der Waals surface area contributed by atoms with Crippen molar-refractivity contribution in [1.82, 2.24) is 4.98 Å². The zero-order valence-corrected chi connectivity index (χ0v) is 11.1. The maximum atomic E-state index is 5.75. The van der Waals surface area contributed by atoms with Gasteiger partial charge in [-0.3, -0.25) is 0 Å². The van der Waals surface area contributed by atoms with Gasteiger partial charge in [0.05, 0.1) is 6.20 Å². The van der Waals surface area contributed by atoms with Gasteiger partial charge in [-0.25, -0.2) is 4.98 Å². The smallest absolute Gasteiger partial charge is 0.187 e. The van der Waals surface area contributed by atoms with E-state index in [1.165, 1.54) is 58.0 Å². The molecule has 0 bridgehead atoms. The van der Waals surface area contributed by atoms with E-state index in [1.807, 2.05) is 0 Å². The fourth-order valence-electron chi connectivity index (χ4n) is 3.40. The number of hydrogen-bond donors (Lipinski definition) is 1. The summed E-state index contributed by atoms with van der Waals surface area (Å²) >= 11 is 1.62. The van der Waals surface area contributed by atoms with Crippen molar-refractivity contribution in [3.8, 4) is 0 Å². The van der Waals surface area contributed by atoms with Gasteiger partial charge in [0.2, 0.25) is 0 Å². The van der Waals surface area contributed by atoms with E-state index in [-0.39, 0.29) is 0 Å². The van der Waals surface area contributed by atoms with E-state index in [1.54, 1.807) is 17.5 Å². The molecule has 17 heavy (non-hydrogen) atoms. The Hall–Kier alpha value is -0.770. The molecule has 1 aromatic heterocycles. The first kappa shape index (κ1) is 11.3. The predicted octanol–water partition coefficient (Wildman–Crippen LogP) is 3.28. The van der Waals surface area contributed by atoms with Crippen molar-refractivity contribution < 1.29 is 0 Å². The van der Waals surface area contributed by atoms with E-state index in [2.05, 4.69) is 9.88 Å². The molecule has 2 N–H and O–H groups in total. The molecule has 4 heteroatoms. The van der Waals surface area contributed by atoms with Gasteiger partial charge >= 0.3 is 0 Å². The molecule has 1 aromatic rings. The number of aromatic nitrogens is 1. The molecule has 0 unspecified atom stereocenters. The van der Waals surface area contributed by atoms with Crippen molar-refractivity contribution in [1.29, 1.82) is 0 Å². The maximum absolute atomic E-state index is 5.75. The third-order valence-corrected chi connectivity index (χ3v) is 5.41. The molecule has 3 nitrogen and oxygen atoms in total. The number of nitrogen functional groups attached to an aromatic ring is 1. The van der Waals surface area contributed by atoms with E-state index in [0.717, 1.165) is 10.1 Å². The fourth-order valence-corrected chi connectivity index (χ4v) is 4.13. The van der Waals surface area contributed by atoms with Gasteiger partial charge in [0.1, 0.15) is 5.00 Å². The predicted molar refractivity (Wildman–Crippen MR) is 73.5 cm³/mol. The molecular weight excluding hydrogens is 230 g/mol. The zero-order chi connectivity index (χ0) is 11.7. The molecule has 0 amide bonds. The highest BCUT2D eigenvalue weighted by atomic mass is 32.1. The van der Waals surface area contributed by atoms with Crippen LogP contribution in [0.3, 0.4) is 0 Å². The molecule has 1 aliphatic heterocycles. The number of hydrogen-bond acceptors (Lipinski definition) is 4. The van der Waals surface area contributed by atoms with Crippen molar-refractivity contribution in [3.05, 3.63) is 6.20 Å². The summed E-state index contributed by atoms with van der Waals surface area (Å²) in [5, 5.41) is 1.95. The van der Waals surface area contributed by atoms with Crippen LogP contribution in [0.1, 0.15) is 44.9 Å². The minimum absolute atomic E-state index is 0.678. The van der Waals surface area contributed by atoms with Gasteiger partial charge in [-0.1, -0.05) is 30.6 Å². The highest BCUT2D eigenvalue weighted by molar-refractivity contribution is 7.19. The highest BCUT2D eigenvalue weighted by Crippen LogP contribution is 2.45. The third-order valence-electron chi connectivity index (χ3n) is 4.52. The van der Waals surface area contributed by atoms with E-state index >= 15 is 0 Å². The lowest BCUT2D eigenvalue weighted by Gasteiger charge is -2.44.